The smallest absolute Gasteiger partial charge is 0.363 e. The Bertz CT molecular complexity index is 354. The van der Waals surface area contributed by atoms with Gasteiger partial charge in [0.1, 0.15) is 5.31 Å². The molecule has 5 nitrogen and oxygen atoms in total. The van der Waals surface area contributed by atoms with Crippen LogP contribution in [0.1, 0.15) is 47.0 Å². The molecule has 17 heavy (non-hydrogen) atoms. The first-order chi connectivity index (χ1) is 7.66. The highest BCUT2D eigenvalue weighted by molar-refractivity contribution is 7.58. The van der Waals surface area contributed by atoms with Crippen molar-refractivity contribution in [2.75, 3.05) is 0 Å². The maximum absolute atomic E-state index is 11.3. The van der Waals surface area contributed by atoms with Crippen LogP contribution in [0.4, 0.5) is 0 Å². The van der Waals surface area contributed by atoms with E-state index in [0.717, 1.165) is 0 Å². The van der Waals surface area contributed by atoms with E-state index in [1.165, 1.54) is 6.92 Å². The lowest BCUT2D eigenvalue weighted by molar-refractivity contribution is -0.132. The minimum Gasteiger partial charge on any atom is -0.477 e. The predicted molar refractivity (Wildman–Crippen MR) is 65.7 cm³/mol. The Morgan fingerprint density at radius 1 is 1.12 bits per heavy atom. The average molecular weight is 264 g/mol. The Morgan fingerprint density at radius 3 is 1.65 bits per heavy atom. The van der Waals surface area contributed by atoms with Gasteiger partial charge in [-0.3, -0.25) is 4.57 Å². The summed E-state index contributed by atoms with van der Waals surface area (Å²) in [5.74, 6) is -1.53. The van der Waals surface area contributed by atoms with E-state index in [1.54, 1.807) is 0 Å². The molecule has 0 rings (SSSR count). The predicted octanol–water partition coefficient (Wildman–Crippen LogP) is 2.74. The van der Waals surface area contributed by atoms with Gasteiger partial charge in [0.05, 0.1) is 0 Å². The summed E-state index contributed by atoms with van der Waals surface area (Å²) in [7, 11) is -4.74. The molecule has 0 saturated heterocycles. The molecule has 0 unspecified atom stereocenters. The van der Waals surface area contributed by atoms with Crippen molar-refractivity contribution in [3.8, 4) is 0 Å². The zero-order valence-corrected chi connectivity index (χ0v) is 11.6. The molecule has 0 spiro atoms. The van der Waals surface area contributed by atoms with Crippen molar-refractivity contribution in [3.63, 3.8) is 0 Å². The molecule has 6 heteroatoms. The summed E-state index contributed by atoms with van der Waals surface area (Å²) in [4.78, 5) is 29.3. The van der Waals surface area contributed by atoms with Crippen LogP contribution in [-0.4, -0.2) is 20.9 Å². The van der Waals surface area contributed by atoms with Crippen LogP contribution >= 0.6 is 7.60 Å². The third kappa shape index (κ3) is 3.41. The molecule has 0 aliphatic carbocycles. The van der Waals surface area contributed by atoms with Crippen LogP contribution in [0, 0.1) is 5.41 Å². The van der Waals surface area contributed by atoms with Gasteiger partial charge in [-0.1, -0.05) is 20.8 Å². The van der Waals surface area contributed by atoms with Gasteiger partial charge in [-0.05, 0) is 37.2 Å². The average Bonchev–Trinajstić information content (AvgIpc) is 2.18. The standard InChI is InChI=1S/C11H21O5P/c1-5-11(6-2,7-3)8(4)9(10(12)13)17(14,15)16/h5-7H2,1-4H3,(H,12,13)(H2,14,15,16)/b9-8-. The van der Waals surface area contributed by atoms with E-state index in [2.05, 4.69) is 0 Å². The van der Waals surface area contributed by atoms with E-state index in [-0.39, 0.29) is 0 Å². The van der Waals surface area contributed by atoms with Crippen LogP contribution in [0.15, 0.2) is 10.9 Å². The van der Waals surface area contributed by atoms with Crippen molar-refractivity contribution in [1.82, 2.24) is 0 Å². The summed E-state index contributed by atoms with van der Waals surface area (Å²) < 4.78 is 11.3. The first-order valence-corrected chi connectivity index (χ1v) is 7.28. The van der Waals surface area contributed by atoms with Crippen LogP contribution in [0.5, 0.6) is 0 Å². The fourth-order valence-corrected chi connectivity index (χ4v) is 3.22. The van der Waals surface area contributed by atoms with E-state index in [4.69, 9.17) is 14.9 Å². The summed E-state index contributed by atoms with van der Waals surface area (Å²) in [6.07, 6.45) is 1.97. The molecule has 0 atom stereocenters. The van der Waals surface area contributed by atoms with Gasteiger partial charge < -0.3 is 14.9 Å². The number of carboxylic acids is 1. The van der Waals surface area contributed by atoms with Crippen molar-refractivity contribution < 1.29 is 24.3 Å². The first kappa shape index (κ1) is 16.4. The number of carbonyl (C=O) groups is 1. The van der Waals surface area contributed by atoms with E-state index < -0.39 is 24.3 Å². The van der Waals surface area contributed by atoms with E-state index >= 15 is 0 Å². The Labute approximate surface area is 102 Å². The molecule has 100 valence electrons. The number of rotatable bonds is 6. The quantitative estimate of drug-likeness (QED) is 0.506. The molecule has 3 N–H and O–H groups in total. The second-order valence-corrected chi connectivity index (χ2v) is 5.70. The van der Waals surface area contributed by atoms with E-state index in [0.29, 0.717) is 24.8 Å². The van der Waals surface area contributed by atoms with Crippen LogP contribution in [0.2, 0.25) is 0 Å². The zero-order chi connectivity index (χ0) is 13.9. The molecule has 0 amide bonds. The molecule has 0 saturated carbocycles. The molecule has 0 aromatic rings. The molecule has 0 aliphatic rings. The number of aliphatic carboxylic acids is 1. The highest BCUT2D eigenvalue weighted by Crippen LogP contribution is 2.52. The summed E-state index contributed by atoms with van der Waals surface area (Å²) in [6.45, 7) is 7.21. The molecule has 0 heterocycles. The lowest BCUT2D eigenvalue weighted by Crippen LogP contribution is -2.23. The topological polar surface area (TPSA) is 94.8 Å². The molecule has 0 bridgehead atoms. The highest BCUT2D eigenvalue weighted by atomic mass is 31.2. The molecule has 0 aromatic carbocycles. The molecule has 0 aromatic heterocycles. The SMILES string of the molecule is CCC(CC)(CC)/C(C)=C(/C(=O)O)P(=O)(O)O. The van der Waals surface area contributed by atoms with Crippen LogP contribution < -0.4 is 0 Å². The molecule has 0 radical (unpaired) electrons. The Morgan fingerprint density at radius 2 is 1.47 bits per heavy atom. The largest absolute Gasteiger partial charge is 0.477 e. The van der Waals surface area contributed by atoms with Crippen LogP contribution in [0.25, 0.3) is 0 Å². The van der Waals surface area contributed by atoms with Gasteiger partial charge in [0, 0.05) is 0 Å². The number of allylic oxidation sites excluding steroid dienone is 1. The van der Waals surface area contributed by atoms with E-state index in [1.807, 2.05) is 20.8 Å². The number of hydrogen-bond donors (Lipinski definition) is 3. The van der Waals surface area contributed by atoms with Gasteiger partial charge in [-0.15, -0.1) is 0 Å². The second kappa shape index (κ2) is 5.80. The fraction of sp³-hybridized carbons (Fsp3) is 0.727. The lowest BCUT2D eigenvalue weighted by atomic mass is 9.74. The molecular weight excluding hydrogens is 243 g/mol. The van der Waals surface area contributed by atoms with Crippen molar-refractivity contribution in [2.45, 2.75) is 47.0 Å². The minimum atomic E-state index is -4.74. The third-order valence-corrected chi connectivity index (χ3v) is 4.78. The normalized spacial score (nSPS) is 14.5. The first-order valence-electron chi connectivity index (χ1n) is 5.67. The maximum atomic E-state index is 11.3. The summed E-state index contributed by atoms with van der Waals surface area (Å²) >= 11 is 0. The monoisotopic (exact) mass is 264 g/mol. The second-order valence-electron chi connectivity index (χ2n) is 4.16. The van der Waals surface area contributed by atoms with Gasteiger partial charge in [-0.2, -0.15) is 0 Å². The van der Waals surface area contributed by atoms with Crippen molar-refractivity contribution in [1.29, 1.82) is 0 Å². The van der Waals surface area contributed by atoms with Gasteiger partial charge in [0.15, 0.2) is 0 Å². The molecule has 0 aliphatic heterocycles. The maximum Gasteiger partial charge on any atom is 0.363 e. The van der Waals surface area contributed by atoms with Gasteiger partial charge in [-0.25, -0.2) is 4.79 Å². The zero-order valence-electron chi connectivity index (χ0n) is 10.7. The van der Waals surface area contributed by atoms with Gasteiger partial charge >= 0.3 is 13.6 Å². The Hall–Kier alpha value is -0.640. The van der Waals surface area contributed by atoms with E-state index in [9.17, 15) is 9.36 Å². The summed E-state index contributed by atoms with van der Waals surface area (Å²) in [6, 6.07) is 0. The molecular formula is C11H21O5P. The highest BCUT2D eigenvalue weighted by Gasteiger charge is 2.37. The lowest BCUT2D eigenvalue weighted by Gasteiger charge is -2.33. The summed E-state index contributed by atoms with van der Waals surface area (Å²) in [5, 5.41) is 8.23. The van der Waals surface area contributed by atoms with Crippen LogP contribution in [-0.2, 0) is 9.36 Å². The Kier molecular flexibility index (Phi) is 5.59. The van der Waals surface area contributed by atoms with Gasteiger partial charge in [0.2, 0.25) is 0 Å². The minimum absolute atomic E-state index is 0.297. The van der Waals surface area contributed by atoms with Crippen molar-refractivity contribution >= 4 is 13.6 Å². The third-order valence-electron chi connectivity index (χ3n) is 3.67. The van der Waals surface area contributed by atoms with Gasteiger partial charge in [0.25, 0.3) is 0 Å². The Balaban J connectivity index is 5.96. The fourth-order valence-electron chi connectivity index (χ4n) is 2.30. The van der Waals surface area contributed by atoms with Crippen molar-refractivity contribution in [2.24, 2.45) is 5.41 Å². The molecule has 0 fully saturated rings. The summed E-state index contributed by atoms with van der Waals surface area (Å²) in [5.41, 5.74) is -0.152. The van der Waals surface area contributed by atoms with Crippen molar-refractivity contribution in [3.05, 3.63) is 10.9 Å². The number of hydrogen-bond acceptors (Lipinski definition) is 2. The van der Waals surface area contributed by atoms with Crippen LogP contribution in [0.3, 0.4) is 0 Å². The number of carboxylic acid groups (broad SMARTS) is 1.